The number of amides is 2. The van der Waals surface area contributed by atoms with Gasteiger partial charge in [-0.15, -0.1) is 0 Å². The standard InChI is InChI=1S/C28H30N4O3/c33-19-21-10-7-14-29-24(21)18-31(25-13-5-8-20-9-6-15-30-26(20)25)16-3-4-17-32-27(34)22-11-1-2-12-23(22)28(32)35/h1-2,6-7,9-12,14-15,25,33H,3-5,8,13,16-19H2. The number of aromatic nitrogens is 2. The van der Waals surface area contributed by atoms with Gasteiger partial charge in [-0.3, -0.25) is 29.4 Å². The number of unbranched alkanes of at least 4 members (excludes halogenated alkanes) is 1. The van der Waals surface area contributed by atoms with Crippen LogP contribution in [0.25, 0.3) is 0 Å². The first kappa shape index (κ1) is 23.3. The normalized spacial score (nSPS) is 17.1. The number of hydrogen-bond acceptors (Lipinski definition) is 6. The van der Waals surface area contributed by atoms with E-state index in [1.165, 1.54) is 10.5 Å². The van der Waals surface area contributed by atoms with E-state index in [0.717, 1.165) is 55.6 Å². The molecule has 3 aromatic rings. The molecule has 0 spiro atoms. The maximum absolute atomic E-state index is 12.7. The average molecular weight is 471 g/mol. The topological polar surface area (TPSA) is 86.6 Å². The van der Waals surface area contributed by atoms with Crippen LogP contribution >= 0.6 is 0 Å². The average Bonchev–Trinajstić information content (AvgIpc) is 3.15. The van der Waals surface area contributed by atoms with Gasteiger partial charge in [-0.1, -0.05) is 24.3 Å². The maximum atomic E-state index is 12.7. The van der Waals surface area contributed by atoms with Crippen LogP contribution in [0.4, 0.5) is 0 Å². The van der Waals surface area contributed by atoms with Crippen molar-refractivity contribution in [2.24, 2.45) is 0 Å². The van der Waals surface area contributed by atoms with Crippen LogP contribution in [0.5, 0.6) is 0 Å². The summed E-state index contributed by atoms with van der Waals surface area (Å²) in [5.74, 6) is -0.400. The van der Waals surface area contributed by atoms with Crippen molar-refractivity contribution < 1.29 is 14.7 Å². The zero-order valence-corrected chi connectivity index (χ0v) is 19.8. The van der Waals surface area contributed by atoms with Crippen molar-refractivity contribution >= 4 is 11.8 Å². The summed E-state index contributed by atoms with van der Waals surface area (Å²) in [7, 11) is 0. The molecule has 0 saturated heterocycles. The molecule has 35 heavy (non-hydrogen) atoms. The fourth-order valence-corrected chi connectivity index (χ4v) is 5.26. The third kappa shape index (κ3) is 4.74. The predicted molar refractivity (Wildman–Crippen MR) is 132 cm³/mol. The quantitative estimate of drug-likeness (QED) is 0.377. The van der Waals surface area contributed by atoms with Gasteiger partial charge in [-0.2, -0.15) is 0 Å². The van der Waals surface area contributed by atoms with Gasteiger partial charge in [-0.05, 0) is 68.5 Å². The minimum absolute atomic E-state index is 0.0454. The number of carbonyl (C=O) groups is 2. The summed E-state index contributed by atoms with van der Waals surface area (Å²) in [6.07, 6.45) is 8.33. The number of aliphatic hydroxyl groups excluding tert-OH is 1. The van der Waals surface area contributed by atoms with E-state index in [2.05, 4.69) is 16.0 Å². The number of hydrogen-bond donors (Lipinski definition) is 1. The van der Waals surface area contributed by atoms with Crippen LogP contribution in [-0.2, 0) is 19.6 Å². The van der Waals surface area contributed by atoms with Gasteiger partial charge in [0, 0.05) is 31.0 Å². The van der Waals surface area contributed by atoms with Gasteiger partial charge in [0.25, 0.3) is 11.8 Å². The lowest BCUT2D eigenvalue weighted by Crippen LogP contribution is -2.34. The van der Waals surface area contributed by atoms with E-state index in [-0.39, 0.29) is 24.5 Å². The van der Waals surface area contributed by atoms with Crippen molar-refractivity contribution in [3.8, 4) is 0 Å². The second-order valence-corrected chi connectivity index (χ2v) is 9.21. The van der Waals surface area contributed by atoms with Crippen LogP contribution in [0.2, 0.25) is 0 Å². The van der Waals surface area contributed by atoms with E-state index in [1.54, 1.807) is 30.5 Å². The Morgan fingerprint density at radius 1 is 0.943 bits per heavy atom. The highest BCUT2D eigenvalue weighted by Crippen LogP contribution is 2.34. The highest BCUT2D eigenvalue weighted by atomic mass is 16.3. The Balaban J connectivity index is 1.29. The molecule has 0 radical (unpaired) electrons. The Hall–Kier alpha value is -3.42. The third-order valence-corrected chi connectivity index (χ3v) is 7.07. The SMILES string of the molecule is O=C1c2ccccc2C(=O)N1CCCCN(Cc1ncccc1CO)C1CCCc2cccnc21. The minimum Gasteiger partial charge on any atom is -0.392 e. The van der Waals surface area contributed by atoms with Crippen LogP contribution in [-0.4, -0.2) is 49.8 Å². The van der Waals surface area contributed by atoms with Crippen molar-refractivity contribution in [1.29, 1.82) is 0 Å². The first-order valence-corrected chi connectivity index (χ1v) is 12.3. The van der Waals surface area contributed by atoms with Crippen LogP contribution in [0.1, 0.15) is 75.0 Å². The highest BCUT2D eigenvalue weighted by molar-refractivity contribution is 6.21. The van der Waals surface area contributed by atoms with Crippen molar-refractivity contribution in [2.75, 3.05) is 13.1 Å². The van der Waals surface area contributed by atoms with Crippen molar-refractivity contribution in [3.63, 3.8) is 0 Å². The van der Waals surface area contributed by atoms with E-state index in [4.69, 9.17) is 4.98 Å². The Labute approximate surface area is 205 Å². The Morgan fingerprint density at radius 3 is 2.46 bits per heavy atom. The maximum Gasteiger partial charge on any atom is 0.261 e. The molecule has 1 aliphatic heterocycles. The molecule has 1 N–H and O–H groups in total. The van der Waals surface area contributed by atoms with Gasteiger partial charge >= 0.3 is 0 Å². The van der Waals surface area contributed by atoms with Crippen molar-refractivity contribution in [1.82, 2.24) is 19.8 Å². The lowest BCUT2D eigenvalue weighted by atomic mass is 9.90. The first-order valence-electron chi connectivity index (χ1n) is 12.3. The fraction of sp³-hybridized carbons (Fsp3) is 0.357. The zero-order chi connectivity index (χ0) is 24.2. The number of fused-ring (bicyclic) bond motifs is 2. The number of aliphatic hydroxyl groups is 1. The minimum atomic E-state index is -0.200. The van der Waals surface area contributed by atoms with E-state index in [1.807, 2.05) is 24.4 Å². The van der Waals surface area contributed by atoms with E-state index >= 15 is 0 Å². The van der Waals surface area contributed by atoms with Crippen molar-refractivity contribution in [2.45, 2.75) is 51.3 Å². The van der Waals surface area contributed by atoms with Gasteiger partial charge in [0.15, 0.2) is 0 Å². The number of carbonyl (C=O) groups excluding carboxylic acids is 2. The summed E-state index contributed by atoms with van der Waals surface area (Å²) in [5, 5.41) is 9.82. The summed E-state index contributed by atoms with van der Waals surface area (Å²) in [5.41, 5.74) is 5.12. The molecule has 5 rings (SSSR count). The third-order valence-electron chi connectivity index (χ3n) is 7.07. The van der Waals surface area contributed by atoms with Gasteiger partial charge in [0.1, 0.15) is 0 Å². The van der Waals surface area contributed by atoms with Crippen LogP contribution < -0.4 is 0 Å². The molecule has 3 heterocycles. The molecule has 1 aromatic carbocycles. The summed E-state index contributed by atoms with van der Waals surface area (Å²) >= 11 is 0. The molecule has 2 aromatic heterocycles. The Bertz CT molecular complexity index is 1190. The molecule has 1 atom stereocenters. The smallest absolute Gasteiger partial charge is 0.261 e. The highest BCUT2D eigenvalue weighted by Gasteiger charge is 2.34. The molecule has 0 bridgehead atoms. The molecular formula is C28H30N4O3. The lowest BCUT2D eigenvalue weighted by molar-refractivity contribution is 0.0648. The first-order chi connectivity index (χ1) is 17.2. The fourth-order valence-electron chi connectivity index (χ4n) is 5.26. The van der Waals surface area contributed by atoms with Crippen LogP contribution in [0.15, 0.2) is 60.9 Å². The van der Waals surface area contributed by atoms with Crippen LogP contribution in [0.3, 0.4) is 0 Å². The van der Waals surface area contributed by atoms with Crippen LogP contribution in [0, 0.1) is 0 Å². The molecule has 2 amide bonds. The van der Waals surface area contributed by atoms with E-state index in [0.29, 0.717) is 24.2 Å². The lowest BCUT2D eigenvalue weighted by Gasteiger charge is -2.35. The largest absolute Gasteiger partial charge is 0.392 e. The zero-order valence-electron chi connectivity index (χ0n) is 19.8. The molecule has 0 saturated carbocycles. The number of imide groups is 1. The molecule has 1 unspecified atom stereocenters. The van der Waals surface area contributed by atoms with Crippen molar-refractivity contribution in [3.05, 3.63) is 94.6 Å². The second kappa shape index (κ2) is 10.5. The molecular weight excluding hydrogens is 440 g/mol. The summed E-state index contributed by atoms with van der Waals surface area (Å²) < 4.78 is 0. The number of rotatable bonds is 9. The number of benzene rings is 1. The second-order valence-electron chi connectivity index (χ2n) is 9.21. The van der Waals surface area contributed by atoms with E-state index < -0.39 is 0 Å². The Morgan fingerprint density at radius 2 is 1.69 bits per heavy atom. The summed E-state index contributed by atoms with van der Waals surface area (Å²) in [6, 6.07) is 15.1. The number of pyridine rings is 2. The summed E-state index contributed by atoms with van der Waals surface area (Å²) in [4.78, 5) is 38.4. The molecule has 0 fully saturated rings. The molecule has 7 heteroatoms. The van der Waals surface area contributed by atoms with Gasteiger partial charge < -0.3 is 5.11 Å². The monoisotopic (exact) mass is 470 g/mol. The predicted octanol–water partition coefficient (Wildman–Crippen LogP) is 3.92. The Kier molecular flexibility index (Phi) is 6.97. The summed E-state index contributed by atoms with van der Waals surface area (Å²) in [6.45, 7) is 1.76. The van der Waals surface area contributed by atoms with Gasteiger partial charge in [0.2, 0.25) is 0 Å². The van der Waals surface area contributed by atoms with Gasteiger partial charge in [-0.25, -0.2) is 0 Å². The number of aryl methyl sites for hydroxylation is 1. The van der Waals surface area contributed by atoms with Gasteiger partial charge in [0.05, 0.1) is 35.2 Å². The molecule has 2 aliphatic rings. The molecule has 7 nitrogen and oxygen atoms in total. The molecule has 180 valence electrons. The molecule has 1 aliphatic carbocycles. The number of nitrogens with zero attached hydrogens (tertiary/aromatic N) is 4. The van der Waals surface area contributed by atoms with E-state index in [9.17, 15) is 14.7 Å².